The van der Waals surface area contributed by atoms with Gasteiger partial charge in [-0.3, -0.25) is 0 Å². The molecule has 0 saturated heterocycles. The van der Waals surface area contributed by atoms with Gasteiger partial charge >= 0.3 is 0 Å². The van der Waals surface area contributed by atoms with Gasteiger partial charge in [-0.2, -0.15) is 0 Å². The Kier molecular flexibility index (Phi) is 3.72. The van der Waals surface area contributed by atoms with E-state index in [2.05, 4.69) is 17.2 Å². The summed E-state index contributed by atoms with van der Waals surface area (Å²) in [5.74, 6) is 0.758. The van der Waals surface area contributed by atoms with Gasteiger partial charge in [-0.1, -0.05) is 0 Å². The molecule has 0 amide bonds. The van der Waals surface area contributed by atoms with E-state index in [4.69, 9.17) is 4.74 Å². The molecule has 4 heteroatoms. The van der Waals surface area contributed by atoms with Crippen LogP contribution in [-0.4, -0.2) is 25.2 Å². The van der Waals surface area contributed by atoms with Gasteiger partial charge in [-0.25, -0.2) is 4.98 Å². The topological polar surface area (TPSA) is 34.1 Å². The third kappa shape index (κ3) is 3.00. The third-order valence-corrected chi connectivity index (χ3v) is 3.55. The fourth-order valence-electron chi connectivity index (χ4n) is 1.66. The fraction of sp³-hybridized carbons (Fsp3) is 0.727. The zero-order valence-corrected chi connectivity index (χ0v) is 10.2. The summed E-state index contributed by atoms with van der Waals surface area (Å²) in [5, 5.41) is 4.58. The van der Waals surface area contributed by atoms with Crippen LogP contribution in [0.4, 0.5) is 0 Å². The van der Waals surface area contributed by atoms with Crippen LogP contribution in [0.3, 0.4) is 0 Å². The molecule has 15 heavy (non-hydrogen) atoms. The van der Waals surface area contributed by atoms with Crippen LogP contribution in [0.25, 0.3) is 0 Å². The zero-order chi connectivity index (χ0) is 10.7. The van der Waals surface area contributed by atoms with Crippen molar-refractivity contribution in [2.45, 2.75) is 32.2 Å². The summed E-state index contributed by atoms with van der Waals surface area (Å²) in [4.78, 5) is 6.04. The fourth-order valence-corrected chi connectivity index (χ4v) is 2.66. The molecule has 0 atom stereocenters. The smallest absolute Gasteiger partial charge is 0.0900 e. The van der Waals surface area contributed by atoms with Gasteiger partial charge in [0.15, 0.2) is 0 Å². The highest BCUT2D eigenvalue weighted by Gasteiger charge is 2.28. The number of nitrogens with zero attached hydrogens (tertiary/aromatic N) is 1. The molecule has 1 fully saturated rings. The summed E-state index contributed by atoms with van der Waals surface area (Å²) in [7, 11) is 1.73. The lowest BCUT2D eigenvalue weighted by Crippen LogP contribution is -2.18. The lowest BCUT2D eigenvalue weighted by Gasteiger charge is -2.03. The minimum atomic E-state index is 0.758. The highest BCUT2D eigenvalue weighted by molar-refractivity contribution is 7.11. The summed E-state index contributed by atoms with van der Waals surface area (Å²) in [6.07, 6.45) is 2.66. The predicted octanol–water partition coefficient (Wildman–Crippen LogP) is 2.06. The van der Waals surface area contributed by atoms with Crippen LogP contribution in [0.5, 0.6) is 0 Å². The summed E-state index contributed by atoms with van der Waals surface area (Å²) in [6, 6.07) is 0. The SMILES string of the molecule is COCCNCc1sc(C)nc1C1CC1. The van der Waals surface area contributed by atoms with Gasteiger partial charge in [0.05, 0.1) is 17.3 Å². The normalized spacial score (nSPS) is 15.9. The molecule has 3 nitrogen and oxygen atoms in total. The van der Waals surface area contributed by atoms with E-state index >= 15 is 0 Å². The predicted molar refractivity (Wildman–Crippen MR) is 62.4 cm³/mol. The number of rotatable bonds is 6. The molecule has 0 bridgehead atoms. The molecule has 0 spiro atoms. The maximum atomic E-state index is 5.00. The molecule has 1 aromatic heterocycles. The van der Waals surface area contributed by atoms with Crippen molar-refractivity contribution < 1.29 is 4.74 Å². The van der Waals surface area contributed by atoms with Crippen molar-refractivity contribution in [2.75, 3.05) is 20.3 Å². The molecule has 0 unspecified atom stereocenters. The highest BCUT2D eigenvalue weighted by Crippen LogP contribution is 2.42. The molecule has 1 heterocycles. The Morgan fingerprint density at radius 2 is 2.33 bits per heavy atom. The maximum Gasteiger partial charge on any atom is 0.0900 e. The second-order valence-electron chi connectivity index (χ2n) is 3.99. The van der Waals surface area contributed by atoms with Gasteiger partial charge < -0.3 is 10.1 Å². The minimum Gasteiger partial charge on any atom is -0.383 e. The van der Waals surface area contributed by atoms with Crippen LogP contribution in [0, 0.1) is 6.92 Å². The van der Waals surface area contributed by atoms with E-state index in [0.29, 0.717) is 0 Å². The Hall–Kier alpha value is -0.450. The van der Waals surface area contributed by atoms with Gasteiger partial charge in [0.1, 0.15) is 0 Å². The van der Waals surface area contributed by atoms with E-state index in [1.165, 1.54) is 28.4 Å². The number of aryl methyl sites for hydroxylation is 1. The van der Waals surface area contributed by atoms with Crippen LogP contribution in [0.15, 0.2) is 0 Å². The Morgan fingerprint density at radius 3 is 3.00 bits per heavy atom. The molecule has 1 N–H and O–H groups in total. The van der Waals surface area contributed by atoms with Crippen molar-refractivity contribution in [3.8, 4) is 0 Å². The van der Waals surface area contributed by atoms with E-state index < -0.39 is 0 Å². The van der Waals surface area contributed by atoms with Gasteiger partial charge in [0.25, 0.3) is 0 Å². The first kappa shape index (κ1) is 11.0. The van der Waals surface area contributed by atoms with E-state index in [0.717, 1.165) is 25.6 Å². The first-order chi connectivity index (χ1) is 7.31. The number of methoxy groups -OCH3 is 1. The van der Waals surface area contributed by atoms with Gasteiger partial charge in [0, 0.05) is 31.0 Å². The Balaban J connectivity index is 1.88. The monoisotopic (exact) mass is 226 g/mol. The van der Waals surface area contributed by atoms with Crippen molar-refractivity contribution in [3.05, 3.63) is 15.6 Å². The summed E-state index contributed by atoms with van der Waals surface area (Å²) in [5.41, 5.74) is 1.35. The molecular formula is C11H18N2OS. The van der Waals surface area contributed by atoms with Crippen molar-refractivity contribution in [2.24, 2.45) is 0 Å². The molecule has 2 rings (SSSR count). The first-order valence-corrected chi connectivity index (χ1v) is 6.28. The summed E-state index contributed by atoms with van der Waals surface area (Å²) >= 11 is 1.83. The Bertz CT molecular complexity index is 320. The maximum absolute atomic E-state index is 5.00. The van der Waals surface area contributed by atoms with E-state index in [1.807, 2.05) is 11.3 Å². The number of aromatic nitrogens is 1. The lowest BCUT2D eigenvalue weighted by atomic mass is 10.2. The molecule has 1 aliphatic carbocycles. The molecule has 1 aliphatic rings. The summed E-state index contributed by atoms with van der Waals surface area (Å²) < 4.78 is 5.00. The molecular weight excluding hydrogens is 208 g/mol. The minimum absolute atomic E-state index is 0.758. The molecule has 0 aliphatic heterocycles. The molecule has 1 saturated carbocycles. The molecule has 0 aromatic carbocycles. The van der Waals surface area contributed by atoms with E-state index in [-0.39, 0.29) is 0 Å². The number of ether oxygens (including phenoxy) is 1. The van der Waals surface area contributed by atoms with Gasteiger partial charge in [0.2, 0.25) is 0 Å². The number of nitrogens with one attached hydrogen (secondary N) is 1. The van der Waals surface area contributed by atoms with Crippen LogP contribution in [0.2, 0.25) is 0 Å². The number of hydrogen-bond donors (Lipinski definition) is 1. The largest absolute Gasteiger partial charge is 0.383 e. The van der Waals surface area contributed by atoms with Crippen molar-refractivity contribution >= 4 is 11.3 Å². The average molecular weight is 226 g/mol. The van der Waals surface area contributed by atoms with Crippen molar-refractivity contribution in [1.29, 1.82) is 0 Å². The van der Waals surface area contributed by atoms with Crippen LogP contribution in [-0.2, 0) is 11.3 Å². The standard InChI is InChI=1S/C11H18N2OS/c1-8-13-11(9-3-4-9)10(15-8)7-12-5-6-14-2/h9,12H,3-7H2,1-2H3. The Morgan fingerprint density at radius 1 is 1.53 bits per heavy atom. The average Bonchev–Trinajstić information content (AvgIpc) is 2.99. The Labute approximate surface area is 94.9 Å². The van der Waals surface area contributed by atoms with Crippen molar-refractivity contribution in [1.82, 2.24) is 10.3 Å². The number of hydrogen-bond acceptors (Lipinski definition) is 4. The van der Waals surface area contributed by atoms with Gasteiger partial charge in [-0.15, -0.1) is 11.3 Å². The molecule has 84 valence electrons. The van der Waals surface area contributed by atoms with E-state index in [1.54, 1.807) is 7.11 Å². The van der Waals surface area contributed by atoms with Gasteiger partial charge in [-0.05, 0) is 19.8 Å². The van der Waals surface area contributed by atoms with E-state index in [9.17, 15) is 0 Å². The van der Waals surface area contributed by atoms with Crippen LogP contribution >= 0.6 is 11.3 Å². The second-order valence-corrected chi connectivity index (χ2v) is 5.27. The summed E-state index contributed by atoms with van der Waals surface area (Å²) in [6.45, 7) is 4.73. The van der Waals surface area contributed by atoms with Crippen LogP contribution in [0.1, 0.15) is 34.3 Å². The highest BCUT2D eigenvalue weighted by atomic mass is 32.1. The molecule has 0 radical (unpaired) electrons. The first-order valence-electron chi connectivity index (χ1n) is 5.47. The number of thiazole rings is 1. The van der Waals surface area contributed by atoms with Crippen LogP contribution < -0.4 is 5.32 Å². The van der Waals surface area contributed by atoms with Crippen molar-refractivity contribution in [3.63, 3.8) is 0 Å². The molecule has 1 aromatic rings. The second kappa shape index (κ2) is 5.05. The lowest BCUT2D eigenvalue weighted by molar-refractivity contribution is 0.199. The third-order valence-electron chi connectivity index (χ3n) is 2.57. The quantitative estimate of drug-likeness (QED) is 0.754. The zero-order valence-electron chi connectivity index (χ0n) is 9.38.